The Hall–Kier alpha value is -0.830. The summed E-state index contributed by atoms with van der Waals surface area (Å²) in [5.41, 5.74) is 7.07. The summed E-state index contributed by atoms with van der Waals surface area (Å²) in [5.74, 6) is 0.771. The zero-order valence-electron chi connectivity index (χ0n) is 7.01. The average Bonchev–Trinajstić information content (AvgIpc) is 2.04. The third-order valence-corrected chi connectivity index (χ3v) is 2.56. The Kier molecular flexibility index (Phi) is 1.89. The third-order valence-electron chi connectivity index (χ3n) is 2.56. The minimum Gasteiger partial charge on any atom is -0.431 e. The Balaban J connectivity index is 2.24. The highest BCUT2D eigenvalue weighted by Gasteiger charge is 2.26. The van der Waals surface area contributed by atoms with E-state index < -0.39 is 0 Å². The molecule has 1 unspecified atom stereocenters. The number of allylic oxidation sites excluding steroid dienone is 1. The average molecular weight is 167 g/mol. The molecule has 66 valence electrons. The van der Waals surface area contributed by atoms with Crippen molar-refractivity contribution < 1.29 is 9.53 Å². The summed E-state index contributed by atoms with van der Waals surface area (Å²) in [6.07, 6.45) is 4.31. The molecule has 12 heavy (non-hydrogen) atoms. The van der Waals surface area contributed by atoms with E-state index in [1.165, 1.54) is 5.57 Å². The smallest absolute Gasteiger partial charge is 0.311 e. The molecule has 0 radical (unpaired) electrons. The lowest BCUT2D eigenvalue weighted by Crippen LogP contribution is -2.30. The number of nitrogens with two attached hydrogens (primary N) is 1. The lowest BCUT2D eigenvalue weighted by Gasteiger charge is -2.28. The van der Waals surface area contributed by atoms with Crippen molar-refractivity contribution in [3.8, 4) is 0 Å². The molecule has 0 spiro atoms. The molecule has 0 saturated carbocycles. The van der Waals surface area contributed by atoms with E-state index in [9.17, 15) is 4.79 Å². The van der Waals surface area contributed by atoms with Gasteiger partial charge in [0.15, 0.2) is 0 Å². The minimum atomic E-state index is -0.0946. The number of hydrogen-bond donors (Lipinski definition) is 1. The van der Waals surface area contributed by atoms with Crippen LogP contribution in [0.25, 0.3) is 0 Å². The zero-order chi connectivity index (χ0) is 8.55. The van der Waals surface area contributed by atoms with Crippen LogP contribution >= 0.6 is 0 Å². The molecular formula is C9H13NO2. The van der Waals surface area contributed by atoms with Crippen LogP contribution in [0.1, 0.15) is 32.1 Å². The summed E-state index contributed by atoms with van der Waals surface area (Å²) in [4.78, 5) is 10.9. The fourth-order valence-corrected chi connectivity index (χ4v) is 1.89. The van der Waals surface area contributed by atoms with Gasteiger partial charge in [-0.05, 0) is 24.8 Å². The maximum Gasteiger partial charge on any atom is 0.311 e. The Morgan fingerprint density at radius 3 is 3.00 bits per heavy atom. The summed E-state index contributed by atoms with van der Waals surface area (Å²) in [6.45, 7) is 0. The number of carbonyl (C=O) groups excluding carboxylic acids is 1. The predicted molar refractivity (Wildman–Crippen MR) is 44.2 cm³/mol. The summed E-state index contributed by atoms with van der Waals surface area (Å²) < 4.78 is 5.12. The Morgan fingerprint density at radius 2 is 2.17 bits per heavy atom. The molecule has 0 saturated heterocycles. The van der Waals surface area contributed by atoms with Crippen LogP contribution < -0.4 is 5.73 Å². The maximum atomic E-state index is 10.9. The van der Waals surface area contributed by atoms with Crippen LogP contribution in [0.4, 0.5) is 0 Å². The molecule has 0 amide bonds. The molecular weight excluding hydrogens is 154 g/mol. The first-order valence-corrected chi connectivity index (χ1v) is 4.45. The molecule has 2 rings (SSSR count). The van der Waals surface area contributed by atoms with Crippen LogP contribution in [0, 0.1) is 0 Å². The molecule has 0 fully saturated rings. The number of esters is 1. The van der Waals surface area contributed by atoms with Crippen molar-refractivity contribution >= 4 is 5.97 Å². The van der Waals surface area contributed by atoms with E-state index >= 15 is 0 Å². The molecule has 2 N–H and O–H groups in total. The molecule has 0 aromatic rings. The lowest BCUT2D eigenvalue weighted by atomic mass is 9.89. The van der Waals surface area contributed by atoms with Crippen LogP contribution in [0.3, 0.4) is 0 Å². The number of carbonyl (C=O) groups is 1. The minimum absolute atomic E-state index is 0.0946. The van der Waals surface area contributed by atoms with E-state index in [4.69, 9.17) is 10.5 Å². The largest absolute Gasteiger partial charge is 0.431 e. The van der Waals surface area contributed by atoms with E-state index in [0.717, 1.165) is 31.4 Å². The molecule has 1 heterocycles. The summed E-state index contributed by atoms with van der Waals surface area (Å²) in [5, 5.41) is 0. The van der Waals surface area contributed by atoms with Gasteiger partial charge in [-0.1, -0.05) is 0 Å². The number of hydrogen-bond acceptors (Lipinski definition) is 3. The van der Waals surface area contributed by atoms with Gasteiger partial charge in [0.1, 0.15) is 5.76 Å². The van der Waals surface area contributed by atoms with Gasteiger partial charge in [0.05, 0.1) is 0 Å². The second kappa shape index (κ2) is 2.90. The van der Waals surface area contributed by atoms with Gasteiger partial charge in [0, 0.05) is 18.9 Å². The van der Waals surface area contributed by atoms with Crippen molar-refractivity contribution in [3.05, 3.63) is 11.3 Å². The highest BCUT2D eigenvalue weighted by Crippen LogP contribution is 2.31. The van der Waals surface area contributed by atoms with E-state index in [2.05, 4.69) is 0 Å². The second-order valence-corrected chi connectivity index (χ2v) is 3.42. The quantitative estimate of drug-likeness (QED) is 0.549. The van der Waals surface area contributed by atoms with Gasteiger partial charge in [0.2, 0.25) is 0 Å². The molecule has 1 aliphatic carbocycles. The summed E-state index contributed by atoms with van der Waals surface area (Å²) in [7, 11) is 0. The molecule has 0 aromatic heterocycles. The fraction of sp³-hybridized carbons (Fsp3) is 0.667. The van der Waals surface area contributed by atoms with Crippen LogP contribution in [-0.2, 0) is 9.53 Å². The maximum absolute atomic E-state index is 10.9. The molecule has 3 nitrogen and oxygen atoms in total. The third kappa shape index (κ3) is 1.25. The SMILES string of the molecule is NC1CCCC2=C1CCC(=O)O2. The van der Waals surface area contributed by atoms with Crippen LogP contribution in [-0.4, -0.2) is 12.0 Å². The van der Waals surface area contributed by atoms with Gasteiger partial charge in [-0.3, -0.25) is 4.79 Å². The summed E-state index contributed by atoms with van der Waals surface area (Å²) in [6, 6.07) is 0.141. The monoisotopic (exact) mass is 167 g/mol. The van der Waals surface area contributed by atoms with Crippen molar-refractivity contribution in [2.45, 2.75) is 38.1 Å². The van der Waals surface area contributed by atoms with Crippen molar-refractivity contribution in [2.24, 2.45) is 5.73 Å². The van der Waals surface area contributed by atoms with Crippen molar-refractivity contribution in [1.29, 1.82) is 0 Å². The van der Waals surface area contributed by atoms with Gasteiger partial charge >= 0.3 is 5.97 Å². The molecule has 3 heteroatoms. The van der Waals surface area contributed by atoms with E-state index in [-0.39, 0.29) is 12.0 Å². The summed E-state index contributed by atoms with van der Waals surface area (Å²) >= 11 is 0. The Bertz CT molecular complexity index is 245. The van der Waals surface area contributed by atoms with Crippen LogP contribution in [0.15, 0.2) is 11.3 Å². The Labute approximate surface area is 71.6 Å². The first kappa shape index (κ1) is 7.80. The van der Waals surface area contributed by atoms with Gasteiger partial charge in [0.25, 0.3) is 0 Å². The predicted octanol–water partition coefficient (Wildman–Crippen LogP) is 1.09. The standard InChI is InChI=1S/C9H13NO2/c10-7-2-1-3-8-6(7)4-5-9(11)12-8/h7H,1-5,10H2. The van der Waals surface area contributed by atoms with Crippen molar-refractivity contribution in [1.82, 2.24) is 0 Å². The van der Waals surface area contributed by atoms with Gasteiger partial charge in [-0.25, -0.2) is 0 Å². The van der Waals surface area contributed by atoms with E-state index in [1.807, 2.05) is 0 Å². The highest BCUT2D eigenvalue weighted by molar-refractivity contribution is 5.72. The lowest BCUT2D eigenvalue weighted by molar-refractivity contribution is -0.141. The number of ether oxygens (including phenoxy) is 1. The number of rotatable bonds is 0. The van der Waals surface area contributed by atoms with Crippen molar-refractivity contribution in [2.75, 3.05) is 0 Å². The Morgan fingerprint density at radius 1 is 1.33 bits per heavy atom. The van der Waals surface area contributed by atoms with Gasteiger partial charge in [-0.2, -0.15) is 0 Å². The molecule has 1 atom stereocenters. The van der Waals surface area contributed by atoms with Crippen molar-refractivity contribution in [3.63, 3.8) is 0 Å². The first-order valence-electron chi connectivity index (χ1n) is 4.45. The zero-order valence-corrected chi connectivity index (χ0v) is 7.01. The molecule has 0 aromatic carbocycles. The first-order chi connectivity index (χ1) is 5.77. The van der Waals surface area contributed by atoms with Crippen LogP contribution in [0.2, 0.25) is 0 Å². The molecule has 2 aliphatic rings. The van der Waals surface area contributed by atoms with E-state index in [0.29, 0.717) is 6.42 Å². The molecule has 1 aliphatic heterocycles. The normalized spacial score (nSPS) is 29.8. The topological polar surface area (TPSA) is 52.3 Å². The van der Waals surface area contributed by atoms with E-state index in [1.54, 1.807) is 0 Å². The molecule has 0 bridgehead atoms. The van der Waals surface area contributed by atoms with Gasteiger partial charge in [-0.15, -0.1) is 0 Å². The highest BCUT2D eigenvalue weighted by atomic mass is 16.5. The second-order valence-electron chi connectivity index (χ2n) is 3.42. The van der Waals surface area contributed by atoms with Gasteiger partial charge < -0.3 is 10.5 Å². The fourth-order valence-electron chi connectivity index (χ4n) is 1.89. The van der Waals surface area contributed by atoms with Crippen LogP contribution in [0.5, 0.6) is 0 Å².